The van der Waals surface area contributed by atoms with Crippen molar-refractivity contribution in [3.05, 3.63) is 65.7 Å². The molecule has 13 nitrogen and oxygen atoms in total. The van der Waals surface area contributed by atoms with Crippen molar-refractivity contribution >= 4 is 48.1 Å². The van der Waals surface area contributed by atoms with Crippen molar-refractivity contribution in [2.75, 3.05) is 18.8 Å². The van der Waals surface area contributed by atoms with Gasteiger partial charge in [-0.05, 0) is 37.1 Å². The average Bonchev–Trinajstić information content (AvgIpc) is 2.97. The number of carbonyl (C=O) groups excluding carboxylic acids is 6. The van der Waals surface area contributed by atoms with Crippen molar-refractivity contribution in [1.82, 2.24) is 31.9 Å². The molecule has 0 radical (unpaired) electrons. The van der Waals surface area contributed by atoms with Crippen LogP contribution in [0.15, 0.2) is 54.6 Å². The first-order valence-corrected chi connectivity index (χ1v) is 14.2. The highest BCUT2D eigenvalue weighted by Gasteiger charge is 2.36. The lowest BCUT2D eigenvalue weighted by Crippen LogP contribution is -2.63. The summed E-state index contributed by atoms with van der Waals surface area (Å²) >= 11 is 4.13. The summed E-state index contributed by atoms with van der Waals surface area (Å²) in [5.41, 5.74) is -0.218. The van der Waals surface area contributed by atoms with Gasteiger partial charge in [-0.15, -0.1) is 0 Å². The van der Waals surface area contributed by atoms with Gasteiger partial charge < -0.3 is 37.0 Å². The minimum Gasteiger partial charge on any atom is -0.508 e. The van der Waals surface area contributed by atoms with E-state index in [0.29, 0.717) is 5.56 Å². The first-order valence-electron chi connectivity index (χ1n) is 13.6. The minimum absolute atomic E-state index is 0.0128. The number of phenolic OH excluding ortho intramolecular Hbond substituents is 1. The molecule has 2 aromatic carbocycles. The molecule has 2 aromatic rings. The van der Waals surface area contributed by atoms with Gasteiger partial charge in [0.2, 0.25) is 35.4 Å². The van der Waals surface area contributed by atoms with Gasteiger partial charge in [0, 0.05) is 18.6 Å². The van der Waals surface area contributed by atoms with Gasteiger partial charge in [-0.1, -0.05) is 42.5 Å². The zero-order chi connectivity index (χ0) is 31.6. The topological polar surface area (TPSA) is 195 Å². The third-order valence-electron chi connectivity index (χ3n) is 6.62. The van der Waals surface area contributed by atoms with Gasteiger partial charge in [-0.3, -0.25) is 28.8 Å². The minimum atomic E-state index is -1.55. The molecule has 3 rings (SSSR count). The van der Waals surface area contributed by atoms with Crippen LogP contribution >= 0.6 is 12.6 Å². The predicted octanol–water partition coefficient (Wildman–Crippen LogP) is -1.30. The Labute approximate surface area is 254 Å². The highest BCUT2D eigenvalue weighted by molar-refractivity contribution is 7.80. The van der Waals surface area contributed by atoms with Gasteiger partial charge in [0.15, 0.2) is 0 Å². The number of rotatable bonds is 5. The molecule has 0 aromatic heterocycles. The zero-order valence-corrected chi connectivity index (χ0v) is 24.7. The number of hydrogen-bond acceptors (Lipinski definition) is 8. The monoisotopic (exact) mass is 612 g/mol. The van der Waals surface area contributed by atoms with Crippen LogP contribution in [0.25, 0.3) is 0 Å². The standard InChI is InChI=1S/C29H36N6O7S/c1-29(2)28(42)34-20(12-17-6-4-3-5-7-17)25(39)31-14-23(37)30-15-24(38)32-22(16-43)26(40)33-21(27(41)35-29)13-18-8-10-19(36)11-9-18/h3-11,20-22,36,43H,12-16H2,1-2H3,(H,30,37)(H,31,39)(H,32,38)(H,33,40)(H,34,42)(H,35,41)/t20-,21-,22+/m1/s1. The zero-order valence-electron chi connectivity index (χ0n) is 23.8. The quantitative estimate of drug-likeness (QED) is 0.192. The smallest absolute Gasteiger partial charge is 0.245 e. The normalized spacial score (nSPS) is 22.4. The molecule has 1 fully saturated rings. The van der Waals surface area contributed by atoms with Gasteiger partial charge in [0.05, 0.1) is 13.1 Å². The molecule has 1 heterocycles. The second kappa shape index (κ2) is 15.0. The number of phenols is 1. The molecule has 3 atom stereocenters. The molecule has 0 spiro atoms. The van der Waals surface area contributed by atoms with Crippen LogP contribution in [0.2, 0.25) is 0 Å². The largest absolute Gasteiger partial charge is 0.508 e. The Kier molecular flexibility index (Phi) is 11.5. The Morgan fingerprint density at radius 3 is 1.91 bits per heavy atom. The van der Waals surface area contributed by atoms with E-state index in [0.717, 1.165) is 5.56 Å². The van der Waals surface area contributed by atoms with E-state index in [-0.39, 0.29) is 24.3 Å². The third-order valence-corrected chi connectivity index (χ3v) is 6.99. The van der Waals surface area contributed by atoms with E-state index in [9.17, 15) is 33.9 Å². The summed E-state index contributed by atoms with van der Waals surface area (Å²) in [5, 5.41) is 24.8. The summed E-state index contributed by atoms with van der Waals surface area (Å²) in [7, 11) is 0. The first kappa shape index (κ1) is 32.9. The van der Waals surface area contributed by atoms with Crippen LogP contribution in [-0.2, 0) is 41.6 Å². The van der Waals surface area contributed by atoms with Crippen LogP contribution < -0.4 is 31.9 Å². The second-order valence-corrected chi connectivity index (χ2v) is 10.9. The molecular formula is C29H36N6O7S. The summed E-state index contributed by atoms with van der Waals surface area (Å²) in [4.78, 5) is 78.0. The number of thiol groups is 1. The summed E-state index contributed by atoms with van der Waals surface area (Å²) < 4.78 is 0. The maximum Gasteiger partial charge on any atom is 0.245 e. The van der Waals surface area contributed by atoms with E-state index in [1.807, 2.05) is 0 Å². The molecule has 230 valence electrons. The Bertz CT molecular complexity index is 1340. The van der Waals surface area contributed by atoms with Gasteiger partial charge in [-0.25, -0.2) is 0 Å². The van der Waals surface area contributed by atoms with Crippen molar-refractivity contribution in [1.29, 1.82) is 0 Å². The van der Waals surface area contributed by atoms with Crippen LogP contribution in [-0.4, -0.2) is 83.1 Å². The van der Waals surface area contributed by atoms with Crippen LogP contribution in [0.4, 0.5) is 0 Å². The van der Waals surface area contributed by atoms with Crippen molar-refractivity contribution in [3.8, 4) is 5.75 Å². The Morgan fingerprint density at radius 2 is 1.28 bits per heavy atom. The Morgan fingerprint density at radius 1 is 0.698 bits per heavy atom. The molecule has 0 aliphatic carbocycles. The summed E-state index contributed by atoms with van der Waals surface area (Å²) in [6.45, 7) is 1.93. The third kappa shape index (κ3) is 10.0. The molecule has 43 heavy (non-hydrogen) atoms. The first-order chi connectivity index (χ1) is 20.4. The highest BCUT2D eigenvalue weighted by atomic mass is 32.1. The molecular weight excluding hydrogens is 576 g/mol. The van der Waals surface area contributed by atoms with Crippen molar-refractivity contribution in [2.45, 2.75) is 50.4 Å². The van der Waals surface area contributed by atoms with Crippen LogP contribution in [0.1, 0.15) is 25.0 Å². The summed E-state index contributed by atoms with van der Waals surface area (Å²) in [6.07, 6.45) is 0.0784. The fourth-order valence-electron chi connectivity index (χ4n) is 4.17. The molecule has 7 N–H and O–H groups in total. The van der Waals surface area contributed by atoms with E-state index >= 15 is 0 Å². The van der Waals surface area contributed by atoms with Gasteiger partial charge in [0.25, 0.3) is 0 Å². The Balaban J connectivity index is 1.92. The van der Waals surface area contributed by atoms with Crippen molar-refractivity contribution in [3.63, 3.8) is 0 Å². The molecule has 0 bridgehead atoms. The maximum atomic E-state index is 13.5. The number of nitrogens with one attached hydrogen (secondary N) is 6. The fraction of sp³-hybridized carbons (Fsp3) is 0.379. The SMILES string of the molecule is CC1(C)NC(=O)[C@@H](Cc2ccc(O)cc2)NC(=O)[C@H](CS)NC(=O)CNC(=O)CNC(=O)[C@@H](Cc2ccccc2)NC1=O. The molecule has 1 aliphatic heterocycles. The lowest BCUT2D eigenvalue weighted by Gasteiger charge is -2.30. The van der Waals surface area contributed by atoms with E-state index in [4.69, 9.17) is 0 Å². The van der Waals surface area contributed by atoms with Crippen LogP contribution in [0.3, 0.4) is 0 Å². The van der Waals surface area contributed by atoms with E-state index in [2.05, 4.69) is 44.5 Å². The van der Waals surface area contributed by atoms with Gasteiger partial charge in [0.1, 0.15) is 29.4 Å². The van der Waals surface area contributed by atoms with Gasteiger partial charge in [-0.2, -0.15) is 12.6 Å². The van der Waals surface area contributed by atoms with E-state index in [1.165, 1.54) is 26.0 Å². The number of hydrogen-bond donors (Lipinski definition) is 8. The summed E-state index contributed by atoms with van der Waals surface area (Å²) in [6, 6.07) is 11.4. The molecule has 0 saturated carbocycles. The van der Waals surface area contributed by atoms with E-state index < -0.39 is 72.2 Å². The lowest BCUT2D eigenvalue weighted by atomic mass is 9.99. The number of amides is 6. The van der Waals surface area contributed by atoms with E-state index in [1.54, 1.807) is 42.5 Å². The lowest BCUT2D eigenvalue weighted by molar-refractivity contribution is -0.137. The van der Waals surface area contributed by atoms with Crippen molar-refractivity contribution in [2.24, 2.45) is 0 Å². The van der Waals surface area contributed by atoms with Gasteiger partial charge >= 0.3 is 0 Å². The van der Waals surface area contributed by atoms with Crippen LogP contribution in [0, 0.1) is 0 Å². The van der Waals surface area contributed by atoms with Crippen molar-refractivity contribution < 1.29 is 33.9 Å². The predicted molar refractivity (Wildman–Crippen MR) is 160 cm³/mol. The highest BCUT2D eigenvalue weighted by Crippen LogP contribution is 2.13. The van der Waals surface area contributed by atoms with Crippen LogP contribution in [0.5, 0.6) is 5.75 Å². The second-order valence-electron chi connectivity index (χ2n) is 10.6. The number of carbonyl (C=O) groups is 6. The number of aromatic hydroxyl groups is 1. The molecule has 6 amide bonds. The Hall–Kier alpha value is -4.59. The average molecular weight is 613 g/mol. The molecule has 1 saturated heterocycles. The number of benzene rings is 2. The molecule has 14 heteroatoms. The summed E-state index contributed by atoms with van der Waals surface area (Å²) in [5.74, 6) is -4.21. The fourth-order valence-corrected chi connectivity index (χ4v) is 4.43. The molecule has 1 aliphatic rings. The maximum absolute atomic E-state index is 13.5. The molecule has 0 unspecified atom stereocenters.